The molecule has 1 atom stereocenters. The van der Waals surface area contributed by atoms with Crippen LogP contribution in [-0.2, 0) is 0 Å². The SMILES string of the molecule is CCNC(=NCC1CCCN(C)C1)NCCOc1ccccc1.I. The number of rotatable bonds is 7. The van der Waals surface area contributed by atoms with Gasteiger partial charge in [-0.05, 0) is 51.4 Å². The summed E-state index contributed by atoms with van der Waals surface area (Å²) in [7, 11) is 2.19. The second kappa shape index (κ2) is 12.4. The molecule has 0 bridgehead atoms. The minimum Gasteiger partial charge on any atom is -0.492 e. The highest BCUT2D eigenvalue weighted by molar-refractivity contribution is 14.0. The molecule has 2 rings (SSSR count). The molecule has 24 heavy (non-hydrogen) atoms. The van der Waals surface area contributed by atoms with Gasteiger partial charge >= 0.3 is 0 Å². The molecule has 0 spiro atoms. The predicted molar refractivity (Wildman–Crippen MR) is 112 cm³/mol. The van der Waals surface area contributed by atoms with Gasteiger partial charge in [-0.1, -0.05) is 18.2 Å². The van der Waals surface area contributed by atoms with Crippen LogP contribution >= 0.6 is 24.0 Å². The van der Waals surface area contributed by atoms with Crippen molar-refractivity contribution in [3.63, 3.8) is 0 Å². The highest BCUT2D eigenvalue weighted by Gasteiger charge is 2.16. The normalized spacial score (nSPS) is 18.6. The Bertz CT molecular complexity index is 469. The van der Waals surface area contributed by atoms with Crippen molar-refractivity contribution in [2.45, 2.75) is 19.8 Å². The first-order chi connectivity index (χ1) is 11.3. The molecule has 1 unspecified atom stereocenters. The van der Waals surface area contributed by atoms with Gasteiger partial charge in [0, 0.05) is 19.6 Å². The van der Waals surface area contributed by atoms with Crippen molar-refractivity contribution in [3.05, 3.63) is 30.3 Å². The van der Waals surface area contributed by atoms with E-state index in [0.29, 0.717) is 12.5 Å². The summed E-state index contributed by atoms with van der Waals surface area (Å²) < 4.78 is 5.69. The molecule has 136 valence electrons. The Balaban J connectivity index is 0.00000288. The van der Waals surface area contributed by atoms with Crippen molar-refractivity contribution < 1.29 is 4.74 Å². The molecule has 1 aromatic rings. The lowest BCUT2D eigenvalue weighted by Gasteiger charge is -2.28. The van der Waals surface area contributed by atoms with Gasteiger partial charge < -0.3 is 20.3 Å². The fraction of sp³-hybridized carbons (Fsp3) is 0.611. The van der Waals surface area contributed by atoms with Crippen molar-refractivity contribution in [2.24, 2.45) is 10.9 Å². The Labute approximate surface area is 163 Å². The summed E-state index contributed by atoms with van der Waals surface area (Å²) in [5.41, 5.74) is 0. The monoisotopic (exact) mass is 446 g/mol. The van der Waals surface area contributed by atoms with Gasteiger partial charge in [0.2, 0.25) is 0 Å². The molecule has 0 aliphatic carbocycles. The highest BCUT2D eigenvalue weighted by atomic mass is 127. The first-order valence-electron chi connectivity index (χ1n) is 8.66. The van der Waals surface area contributed by atoms with Crippen LogP contribution in [-0.4, -0.2) is 57.2 Å². The number of nitrogens with zero attached hydrogens (tertiary/aromatic N) is 2. The summed E-state index contributed by atoms with van der Waals surface area (Å²) in [4.78, 5) is 7.13. The number of guanidine groups is 1. The first kappa shape index (κ1) is 21.0. The van der Waals surface area contributed by atoms with Crippen molar-refractivity contribution in [1.82, 2.24) is 15.5 Å². The summed E-state index contributed by atoms with van der Waals surface area (Å²) in [5.74, 6) is 2.46. The van der Waals surface area contributed by atoms with Gasteiger partial charge in [-0.3, -0.25) is 4.99 Å². The second-order valence-electron chi connectivity index (χ2n) is 6.08. The zero-order chi connectivity index (χ0) is 16.3. The maximum absolute atomic E-state index is 5.69. The molecule has 1 aliphatic rings. The number of hydrogen-bond acceptors (Lipinski definition) is 3. The number of hydrogen-bond donors (Lipinski definition) is 2. The van der Waals surface area contributed by atoms with Gasteiger partial charge in [-0.25, -0.2) is 0 Å². The molecule has 1 fully saturated rings. The fourth-order valence-electron chi connectivity index (χ4n) is 2.84. The molecule has 1 saturated heterocycles. The third-order valence-electron chi connectivity index (χ3n) is 3.98. The lowest BCUT2D eigenvalue weighted by molar-refractivity contribution is 0.214. The molecule has 2 N–H and O–H groups in total. The van der Waals surface area contributed by atoms with Crippen molar-refractivity contribution >= 4 is 29.9 Å². The van der Waals surface area contributed by atoms with Gasteiger partial charge in [-0.15, -0.1) is 24.0 Å². The number of para-hydroxylation sites is 1. The Hall–Kier alpha value is -1.02. The largest absolute Gasteiger partial charge is 0.492 e. The fourth-order valence-corrected chi connectivity index (χ4v) is 2.84. The molecule has 1 aliphatic heterocycles. The molecule has 6 heteroatoms. The lowest BCUT2D eigenvalue weighted by atomic mass is 9.99. The summed E-state index contributed by atoms with van der Waals surface area (Å²) in [5, 5.41) is 6.64. The van der Waals surface area contributed by atoms with Crippen LogP contribution in [0.2, 0.25) is 0 Å². The number of piperidine rings is 1. The average Bonchev–Trinajstić information content (AvgIpc) is 2.57. The number of ether oxygens (including phenoxy) is 1. The maximum Gasteiger partial charge on any atom is 0.191 e. The first-order valence-corrected chi connectivity index (χ1v) is 8.66. The van der Waals surface area contributed by atoms with E-state index in [1.165, 1.54) is 19.4 Å². The Morgan fingerprint density at radius 3 is 2.79 bits per heavy atom. The summed E-state index contributed by atoms with van der Waals surface area (Å²) in [6.07, 6.45) is 2.57. The smallest absolute Gasteiger partial charge is 0.191 e. The Kier molecular flexibility index (Phi) is 10.8. The molecule has 0 radical (unpaired) electrons. The second-order valence-corrected chi connectivity index (χ2v) is 6.08. The average molecular weight is 446 g/mol. The molecular formula is C18H31IN4O. The summed E-state index contributed by atoms with van der Waals surface area (Å²) >= 11 is 0. The molecule has 5 nitrogen and oxygen atoms in total. The van der Waals surface area contributed by atoms with E-state index in [2.05, 4.69) is 29.5 Å². The quantitative estimate of drug-likeness (QED) is 0.293. The minimum atomic E-state index is 0. The van der Waals surface area contributed by atoms with E-state index >= 15 is 0 Å². The van der Waals surface area contributed by atoms with Crippen LogP contribution in [0.3, 0.4) is 0 Å². The minimum absolute atomic E-state index is 0. The standard InChI is InChI=1S/C18H30N4O.HI/c1-3-19-18(21-14-16-8-7-12-22(2)15-16)20-11-13-23-17-9-5-4-6-10-17;/h4-6,9-10,16H,3,7-8,11-15H2,1-2H3,(H2,19,20,21);1H. The molecular weight excluding hydrogens is 415 g/mol. The third-order valence-corrected chi connectivity index (χ3v) is 3.98. The van der Waals surface area contributed by atoms with Crippen LogP contribution in [0, 0.1) is 5.92 Å². The van der Waals surface area contributed by atoms with E-state index in [4.69, 9.17) is 9.73 Å². The van der Waals surface area contributed by atoms with Crippen LogP contribution in [0.4, 0.5) is 0 Å². The third kappa shape index (κ3) is 8.19. The molecule has 1 aromatic carbocycles. The number of nitrogens with one attached hydrogen (secondary N) is 2. The zero-order valence-electron chi connectivity index (χ0n) is 14.8. The summed E-state index contributed by atoms with van der Waals surface area (Å²) in [6.45, 7) is 7.59. The zero-order valence-corrected chi connectivity index (χ0v) is 17.2. The highest BCUT2D eigenvalue weighted by Crippen LogP contribution is 2.15. The van der Waals surface area contributed by atoms with Gasteiger partial charge in [-0.2, -0.15) is 0 Å². The molecule has 0 aromatic heterocycles. The number of benzene rings is 1. The van der Waals surface area contributed by atoms with E-state index in [1.807, 2.05) is 30.3 Å². The topological polar surface area (TPSA) is 48.9 Å². The van der Waals surface area contributed by atoms with Gasteiger partial charge in [0.1, 0.15) is 12.4 Å². The summed E-state index contributed by atoms with van der Waals surface area (Å²) in [6, 6.07) is 9.90. The van der Waals surface area contributed by atoms with Crippen molar-refractivity contribution in [1.29, 1.82) is 0 Å². The van der Waals surface area contributed by atoms with Crippen molar-refractivity contribution in [2.75, 3.05) is 46.4 Å². The van der Waals surface area contributed by atoms with E-state index < -0.39 is 0 Å². The van der Waals surface area contributed by atoms with Crippen LogP contribution in [0.25, 0.3) is 0 Å². The van der Waals surface area contributed by atoms with Crippen LogP contribution in [0.1, 0.15) is 19.8 Å². The van der Waals surface area contributed by atoms with Gasteiger partial charge in [0.05, 0.1) is 6.54 Å². The number of aliphatic imine (C=N–C) groups is 1. The maximum atomic E-state index is 5.69. The Morgan fingerprint density at radius 1 is 1.29 bits per heavy atom. The molecule has 1 heterocycles. The number of likely N-dealkylation sites (tertiary alicyclic amines) is 1. The Morgan fingerprint density at radius 2 is 2.08 bits per heavy atom. The van der Waals surface area contributed by atoms with E-state index in [9.17, 15) is 0 Å². The predicted octanol–water partition coefficient (Wildman–Crippen LogP) is 2.58. The van der Waals surface area contributed by atoms with Crippen LogP contribution in [0.5, 0.6) is 5.75 Å². The lowest BCUT2D eigenvalue weighted by Crippen LogP contribution is -2.40. The van der Waals surface area contributed by atoms with E-state index in [-0.39, 0.29) is 24.0 Å². The van der Waals surface area contributed by atoms with Gasteiger partial charge in [0.15, 0.2) is 5.96 Å². The van der Waals surface area contributed by atoms with Gasteiger partial charge in [0.25, 0.3) is 0 Å². The number of halogens is 1. The van der Waals surface area contributed by atoms with Crippen molar-refractivity contribution in [3.8, 4) is 5.75 Å². The van der Waals surface area contributed by atoms with E-state index in [1.54, 1.807) is 0 Å². The van der Waals surface area contributed by atoms with Crippen LogP contribution in [0.15, 0.2) is 35.3 Å². The molecule has 0 saturated carbocycles. The molecule has 0 amide bonds. The van der Waals surface area contributed by atoms with E-state index in [0.717, 1.165) is 37.9 Å². The van der Waals surface area contributed by atoms with Crippen LogP contribution < -0.4 is 15.4 Å².